The number of anilines is 1. The largest absolute Gasteiger partial charge is 0.370 e. The highest BCUT2D eigenvalue weighted by Crippen LogP contribution is 2.27. The Hall–Kier alpha value is -1.48. The molecule has 1 aliphatic heterocycles. The first-order chi connectivity index (χ1) is 12.5. The van der Waals surface area contributed by atoms with Crippen molar-refractivity contribution in [3.63, 3.8) is 0 Å². The lowest BCUT2D eigenvalue weighted by molar-refractivity contribution is -0.908. The molecule has 2 aliphatic rings. The van der Waals surface area contributed by atoms with Gasteiger partial charge in [-0.1, -0.05) is 6.42 Å². The molecule has 1 saturated heterocycles. The van der Waals surface area contributed by atoms with Gasteiger partial charge in [-0.3, -0.25) is 4.79 Å². The first-order valence-electron chi connectivity index (χ1n) is 9.36. The molecule has 0 spiro atoms. The van der Waals surface area contributed by atoms with Crippen molar-refractivity contribution >= 4 is 21.6 Å². The highest BCUT2D eigenvalue weighted by molar-refractivity contribution is 7.89. The molecule has 1 aromatic rings. The summed E-state index contributed by atoms with van der Waals surface area (Å²) in [4.78, 5) is 13.6. The number of ether oxygens (including phenoxy) is 1. The maximum atomic E-state index is 12.4. The number of carbonyl (C=O) groups is 1. The molecule has 1 aromatic carbocycles. The standard InChI is InChI=1S/C18H27N3O4S/c22-18(15-3-1-4-15)20-16-5-7-17(8-6-16)26(23,24)19-9-2-10-21-11-13-25-14-12-21/h5-8,15,19H,1-4,9-14H2,(H,20,22)/p+1. The smallest absolute Gasteiger partial charge is 0.240 e. The Kier molecular flexibility index (Phi) is 6.63. The van der Waals surface area contributed by atoms with Crippen LogP contribution in [0.4, 0.5) is 5.69 Å². The fourth-order valence-electron chi connectivity index (χ4n) is 3.17. The Morgan fingerprint density at radius 2 is 1.85 bits per heavy atom. The Morgan fingerprint density at radius 1 is 1.15 bits per heavy atom. The number of nitrogens with one attached hydrogen (secondary N) is 3. The maximum absolute atomic E-state index is 12.4. The van der Waals surface area contributed by atoms with E-state index in [1.165, 1.54) is 17.0 Å². The lowest BCUT2D eigenvalue weighted by atomic mass is 9.85. The Morgan fingerprint density at radius 3 is 2.46 bits per heavy atom. The van der Waals surface area contributed by atoms with Crippen LogP contribution in [0, 0.1) is 5.92 Å². The average molecular weight is 383 g/mol. The summed E-state index contributed by atoms with van der Waals surface area (Å²) in [6.45, 7) is 4.90. The van der Waals surface area contributed by atoms with Crippen LogP contribution >= 0.6 is 0 Å². The van der Waals surface area contributed by atoms with Gasteiger partial charge < -0.3 is 15.0 Å². The number of hydrogen-bond acceptors (Lipinski definition) is 4. The van der Waals surface area contributed by atoms with E-state index >= 15 is 0 Å². The normalized spacial score (nSPS) is 19.1. The van der Waals surface area contributed by atoms with Gasteiger partial charge in [-0.2, -0.15) is 0 Å². The fourth-order valence-corrected chi connectivity index (χ4v) is 4.24. The molecule has 1 heterocycles. The molecule has 8 heteroatoms. The second-order valence-corrected chi connectivity index (χ2v) is 8.77. The molecule has 26 heavy (non-hydrogen) atoms. The number of hydrogen-bond donors (Lipinski definition) is 3. The monoisotopic (exact) mass is 382 g/mol. The van der Waals surface area contributed by atoms with Crippen LogP contribution in [0.1, 0.15) is 25.7 Å². The molecule has 0 radical (unpaired) electrons. The number of rotatable bonds is 8. The summed E-state index contributed by atoms with van der Waals surface area (Å²) >= 11 is 0. The van der Waals surface area contributed by atoms with Gasteiger partial charge in [0.2, 0.25) is 15.9 Å². The third-order valence-electron chi connectivity index (χ3n) is 5.11. The van der Waals surface area contributed by atoms with Crippen molar-refractivity contribution in [2.45, 2.75) is 30.6 Å². The topological polar surface area (TPSA) is 88.9 Å². The third-order valence-corrected chi connectivity index (χ3v) is 6.58. The van der Waals surface area contributed by atoms with Crippen molar-refractivity contribution < 1.29 is 22.8 Å². The lowest BCUT2D eigenvalue weighted by Crippen LogP contribution is -3.14. The lowest BCUT2D eigenvalue weighted by Gasteiger charge is -2.24. The van der Waals surface area contributed by atoms with Crippen molar-refractivity contribution in [1.82, 2.24) is 4.72 Å². The highest BCUT2D eigenvalue weighted by atomic mass is 32.2. The van der Waals surface area contributed by atoms with E-state index in [2.05, 4.69) is 10.0 Å². The van der Waals surface area contributed by atoms with Crippen LogP contribution in [-0.2, 0) is 19.6 Å². The predicted octanol–water partition coefficient (Wildman–Crippen LogP) is 0.00870. The summed E-state index contributed by atoms with van der Waals surface area (Å²) in [7, 11) is -3.51. The van der Waals surface area contributed by atoms with Crippen molar-refractivity contribution in [2.24, 2.45) is 5.92 Å². The van der Waals surface area contributed by atoms with Crippen LogP contribution in [0.2, 0.25) is 0 Å². The van der Waals surface area contributed by atoms with Crippen molar-refractivity contribution in [1.29, 1.82) is 0 Å². The van der Waals surface area contributed by atoms with E-state index in [4.69, 9.17) is 4.74 Å². The molecule has 0 aromatic heterocycles. The van der Waals surface area contributed by atoms with Gasteiger partial charge >= 0.3 is 0 Å². The number of quaternary nitrogens is 1. The minimum absolute atomic E-state index is 0.0237. The van der Waals surface area contributed by atoms with Crippen LogP contribution in [0.3, 0.4) is 0 Å². The van der Waals surface area contributed by atoms with Gasteiger partial charge in [0.25, 0.3) is 0 Å². The second-order valence-electron chi connectivity index (χ2n) is 7.01. The van der Waals surface area contributed by atoms with E-state index in [-0.39, 0.29) is 16.7 Å². The van der Waals surface area contributed by atoms with Gasteiger partial charge in [0.15, 0.2) is 0 Å². The first-order valence-corrected chi connectivity index (χ1v) is 10.8. The van der Waals surface area contributed by atoms with Gasteiger partial charge in [0.05, 0.1) is 24.7 Å². The minimum atomic E-state index is -3.51. The zero-order valence-corrected chi connectivity index (χ0v) is 15.8. The summed E-state index contributed by atoms with van der Waals surface area (Å²) in [5.74, 6) is 0.129. The Bertz CT molecular complexity index is 696. The molecule has 1 aliphatic carbocycles. The third kappa shape index (κ3) is 5.26. The van der Waals surface area contributed by atoms with E-state index in [1.54, 1.807) is 12.1 Å². The molecular weight excluding hydrogens is 354 g/mol. The minimum Gasteiger partial charge on any atom is -0.370 e. The van der Waals surface area contributed by atoms with Crippen LogP contribution in [-0.4, -0.2) is 53.7 Å². The van der Waals surface area contributed by atoms with Gasteiger partial charge in [-0.15, -0.1) is 0 Å². The number of sulfonamides is 1. The number of carbonyl (C=O) groups excluding carboxylic acids is 1. The van der Waals surface area contributed by atoms with E-state index in [9.17, 15) is 13.2 Å². The Balaban J connectivity index is 1.44. The number of amides is 1. The zero-order chi connectivity index (χ0) is 18.4. The van der Waals surface area contributed by atoms with Crippen LogP contribution in [0.15, 0.2) is 29.2 Å². The van der Waals surface area contributed by atoms with Crippen molar-refractivity contribution in [3.8, 4) is 0 Å². The number of benzene rings is 1. The van der Waals surface area contributed by atoms with E-state index in [0.29, 0.717) is 12.2 Å². The number of morpholine rings is 1. The highest BCUT2D eigenvalue weighted by Gasteiger charge is 2.25. The van der Waals surface area contributed by atoms with Crippen molar-refractivity contribution in [2.75, 3.05) is 44.7 Å². The molecule has 3 N–H and O–H groups in total. The van der Waals surface area contributed by atoms with Gasteiger partial charge in [-0.05, 0) is 37.1 Å². The molecule has 0 unspecified atom stereocenters. The molecule has 1 saturated carbocycles. The van der Waals surface area contributed by atoms with E-state index in [1.807, 2.05) is 0 Å². The van der Waals surface area contributed by atoms with E-state index in [0.717, 1.165) is 58.5 Å². The molecule has 2 fully saturated rings. The first kappa shape index (κ1) is 19.3. The zero-order valence-electron chi connectivity index (χ0n) is 15.0. The molecular formula is C18H28N3O4S+. The van der Waals surface area contributed by atoms with Gasteiger partial charge in [0, 0.05) is 24.6 Å². The molecule has 0 atom stereocenters. The van der Waals surface area contributed by atoms with Crippen LogP contribution in [0.5, 0.6) is 0 Å². The van der Waals surface area contributed by atoms with Gasteiger partial charge in [0.1, 0.15) is 13.1 Å². The average Bonchev–Trinajstić information content (AvgIpc) is 2.58. The molecule has 0 bridgehead atoms. The summed E-state index contributed by atoms with van der Waals surface area (Å²) in [6.07, 6.45) is 3.78. The second kappa shape index (κ2) is 8.94. The summed E-state index contributed by atoms with van der Waals surface area (Å²) in [5, 5.41) is 2.84. The predicted molar refractivity (Wildman–Crippen MR) is 98.6 cm³/mol. The van der Waals surface area contributed by atoms with Gasteiger partial charge in [-0.25, -0.2) is 13.1 Å². The summed E-state index contributed by atoms with van der Waals surface area (Å²) < 4.78 is 32.7. The van der Waals surface area contributed by atoms with E-state index < -0.39 is 10.0 Å². The van der Waals surface area contributed by atoms with Crippen molar-refractivity contribution in [3.05, 3.63) is 24.3 Å². The maximum Gasteiger partial charge on any atom is 0.240 e. The molecule has 7 nitrogen and oxygen atoms in total. The summed E-state index contributed by atoms with van der Waals surface area (Å²) in [6, 6.07) is 6.35. The van der Waals surface area contributed by atoms with Crippen LogP contribution in [0.25, 0.3) is 0 Å². The summed E-state index contributed by atoms with van der Waals surface area (Å²) in [5.41, 5.74) is 0.636. The van der Waals surface area contributed by atoms with Crippen LogP contribution < -0.4 is 14.9 Å². The SMILES string of the molecule is O=C(Nc1ccc(S(=O)(=O)NCCC[NH+]2CCOCC2)cc1)C1CCC1. The molecule has 144 valence electrons. The molecule has 1 amide bonds. The quantitative estimate of drug-likeness (QED) is 0.553. The fraction of sp³-hybridized carbons (Fsp3) is 0.611. The molecule has 3 rings (SSSR count). The Labute approximate surface area is 155 Å².